The second-order valence-electron chi connectivity index (χ2n) is 9.50. The topological polar surface area (TPSA) is 51.7 Å². The van der Waals surface area contributed by atoms with Gasteiger partial charge in [0.1, 0.15) is 17.5 Å². The summed E-state index contributed by atoms with van der Waals surface area (Å²) in [6.45, 7) is 9.11. The van der Waals surface area contributed by atoms with E-state index in [4.69, 9.17) is 9.47 Å². The van der Waals surface area contributed by atoms with Gasteiger partial charge in [-0.05, 0) is 68.7 Å². The van der Waals surface area contributed by atoms with Crippen molar-refractivity contribution in [1.82, 2.24) is 9.88 Å². The summed E-state index contributed by atoms with van der Waals surface area (Å²) in [6, 6.07) is 20.6. The number of benzene rings is 2. The number of rotatable bonds is 4. The van der Waals surface area contributed by atoms with Gasteiger partial charge in [0.25, 0.3) is 0 Å². The standard InChI is InChI=1S/C28H32N2O3/c1-20-24(8-7-9-25(20)26-10-5-6-17-29-26)21-11-13-22(14-12-21)32-23-15-18-30(19-16-23)27(31)33-28(2,3)4/h5-14,17,23H,15-16,18-19H2,1-4H3. The lowest BCUT2D eigenvalue weighted by Gasteiger charge is -2.33. The largest absolute Gasteiger partial charge is 0.490 e. The van der Waals surface area contributed by atoms with Crippen molar-refractivity contribution in [3.05, 3.63) is 72.4 Å². The molecular weight excluding hydrogens is 412 g/mol. The van der Waals surface area contributed by atoms with Crippen molar-refractivity contribution in [2.24, 2.45) is 0 Å². The second kappa shape index (κ2) is 9.65. The van der Waals surface area contributed by atoms with Crippen molar-refractivity contribution in [3.8, 4) is 28.1 Å². The molecule has 0 spiro atoms. The van der Waals surface area contributed by atoms with E-state index in [1.165, 1.54) is 11.1 Å². The molecule has 33 heavy (non-hydrogen) atoms. The Bertz CT molecular complexity index is 1080. The number of pyridine rings is 1. The van der Waals surface area contributed by atoms with Crippen molar-refractivity contribution in [2.75, 3.05) is 13.1 Å². The summed E-state index contributed by atoms with van der Waals surface area (Å²) in [5.74, 6) is 0.855. The summed E-state index contributed by atoms with van der Waals surface area (Å²) >= 11 is 0. The Morgan fingerprint density at radius 2 is 1.64 bits per heavy atom. The van der Waals surface area contributed by atoms with E-state index in [-0.39, 0.29) is 12.2 Å². The third-order valence-electron chi connectivity index (χ3n) is 5.84. The van der Waals surface area contributed by atoms with E-state index in [1.54, 1.807) is 4.90 Å². The van der Waals surface area contributed by atoms with Gasteiger partial charge in [-0.3, -0.25) is 4.98 Å². The maximum Gasteiger partial charge on any atom is 0.410 e. The molecule has 3 aromatic rings. The highest BCUT2D eigenvalue weighted by Crippen LogP contribution is 2.32. The molecule has 5 nitrogen and oxygen atoms in total. The fourth-order valence-corrected chi connectivity index (χ4v) is 4.14. The minimum atomic E-state index is -0.471. The van der Waals surface area contributed by atoms with Crippen LogP contribution in [0.25, 0.3) is 22.4 Å². The third kappa shape index (κ3) is 5.72. The van der Waals surface area contributed by atoms with Crippen molar-refractivity contribution in [1.29, 1.82) is 0 Å². The van der Waals surface area contributed by atoms with Crippen LogP contribution in [-0.4, -0.2) is 40.8 Å². The molecule has 1 saturated heterocycles. The first-order valence-corrected chi connectivity index (χ1v) is 11.6. The number of carbonyl (C=O) groups is 1. The SMILES string of the molecule is Cc1c(-c2ccc(OC3CCN(C(=O)OC(C)(C)C)CC3)cc2)cccc1-c1ccccn1. The van der Waals surface area contributed by atoms with Crippen LogP contribution in [-0.2, 0) is 4.74 Å². The fourth-order valence-electron chi connectivity index (χ4n) is 4.14. The summed E-state index contributed by atoms with van der Waals surface area (Å²) < 4.78 is 11.7. The van der Waals surface area contributed by atoms with E-state index in [1.807, 2.05) is 57.3 Å². The van der Waals surface area contributed by atoms with Gasteiger partial charge in [0, 0.05) is 37.7 Å². The molecule has 0 atom stereocenters. The Morgan fingerprint density at radius 3 is 2.27 bits per heavy atom. The van der Waals surface area contributed by atoms with Crippen LogP contribution < -0.4 is 4.74 Å². The average molecular weight is 445 g/mol. The van der Waals surface area contributed by atoms with Crippen molar-refractivity contribution in [3.63, 3.8) is 0 Å². The molecule has 0 unspecified atom stereocenters. The van der Waals surface area contributed by atoms with Crippen LogP contribution in [0.15, 0.2) is 66.9 Å². The zero-order valence-electron chi connectivity index (χ0n) is 19.9. The smallest absolute Gasteiger partial charge is 0.410 e. The molecule has 2 aromatic carbocycles. The molecule has 1 aliphatic heterocycles. The predicted molar refractivity (Wildman–Crippen MR) is 131 cm³/mol. The van der Waals surface area contributed by atoms with Crippen molar-refractivity contribution in [2.45, 2.75) is 52.2 Å². The van der Waals surface area contributed by atoms with Gasteiger partial charge < -0.3 is 14.4 Å². The number of hydrogen-bond donors (Lipinski definition) is 0. The molecule has 0 saturated carbocycles. The van der Waals surface area contributed by atoms with Crippen LogP contribution in [0.4, 0.5) is 4.79 Å². The van der Waals surface area contributed by atoms with Crippen LogP contribution in [0.3, 0.4) is 0 Å². The lowest BCUT2D eigenvalue weighted by molar-refractivity contribution is 0.0126. The minimum absolute atomic E-state index is 0.101. The van der Waals surface area contributed by atoms with Gasteiger partial charge in [-0.2, -0.15) is 0 Å². The van der Waals surface area contributed by atoms with Gasteiger partial charge in [-0.15, -0.1) is 0 Å². The number of carbonyl (C=O) groups excluding carboxylic acids is 1. The molecular formula is C28H32N2O3. The van der Waals surface area contributed by atoms with Gasteiger partial charge in [-0.1, -0.05) is 36.4 Å². The Hall–Kier alpha value is -3.34. The highest BCUT2D eigenvalue weighted by Gasteiger charge is 2.27. The Labute approximate surface area is 196 Å². The number of nitrogens with zero attached hydrogens (tertiary/aromatic N) is 2. The first-order valence-electron chi connectivity index (χ1n) is 11.6. The normalized spacial score (nSPS) is 14.7. The molecule has 4 rings (SSSR count). The molecule has 0 radical (unpaired) electrons. The Morgan fingerprint density at radius 1 is 0.939 bits per heavy atom. The van der Waals surface area contributed by atoms with Gasteiger partial charge in [-0.25, -0.2) is 4.79 Å². The van der Waals surface area contributed by atoms with E-state index in [0.717, 1.165) is 35.4 Å². The molecule has 1 amide bonds. The number of hydrogen-bond acceptors (Lipinski definition) is 4. The van der Waals surface area contributed by atoms with Crippen molar-refractivity contribution >= 4 is 6.09 Å². The highest BCUT2D eigenvalue weighted by atomic mass is 16.6. The van der Waals surface area contributed by atoms with Crippen LogP contribution in [0, 0.1) is 6.92 Å². The van der Waals surface area contributed by atoms with E-state index in [9.17, 15) is 4.79 Å². The van der Waals surface area contributed by atoms with Crippen LogP contribution >= 0.6 is 0 Å². The lowest BCUT2D eigenvalue weighted by Crippen LogP contribution is -2.44. The molecule has 0 bridgehead atoms. The summed E-state index contributed by atoms with van der Waals surface area (Å²) in [4.78, 5) is 18.5. The average Bonchev–Trinajstić information content (AvgIpc) is 2.80. The second-order valence-corrected chi connectivity index (χ2v) is 9.50. The monoisotopic (exact) mass is 444 g/mol. The molecule has 1 aliphatic rings. The summed E-state index contributed by atoms with van der Waals surface area (Å²) in [5, 5.41) is 0. The maximum atomic E-state index is 12.3. The first-order chi connectivity index (χ1) is 15.8. The molecule has 1 aromatic heterocycles. The van der Waals surface area contributed by atoms with E-state index in [0.29, 0.717) is 13.1 Å². The number of amides is 1. The summed E-state index contributed by atoms with van der Waals surface area (Å²) in [7, 11) is 0. The maximum absolute atomic E-state index is 12.3. The fraction of sp³-hybridized carbons (Fsp3) is 0.357. The van der Waals surface area contributed by atoms with Gasteiger partial charge in [0.2, 0.25) is 0 Å². The first kappa shape index (κ1) is 22.8. The number of piperidine rings is 1. The number of ether oxygens (including phenoxy) is 2. The molecule has 1 fully saturated rings. The lowest BCUT2D eigenvalue weighted by atomic mass is 9.95. The quantitative estimate of drug-likeness (QED) is 0.461. The Balaban J connectivity index is 1.39. The van der Waals surface area contributed by atoms with Gasteiger partial charge in [0.05, 0.1) is 5.69 Å². The molecule has 172 valence electrons. The third-order valence-corrected chi connectivity index (χ3v) is 5.84. The van der Waals surface area contributed by atoms with Gasteiger partial charge in [0.15, 0.2) is 0 Å². The molecule has 5 heteroatoms. The van der Waals surface area contributed by atoms with Gasteiger partial charge >= 0.3 is 6.09 Å². The minimum Gasteiger partial charge on any atom is -0.490 e. The zero-order chi connectivity index (χ0) is 23.4. The van der Waals surface area contributed by atoms with Crippen molar-refractivity contribution < 1.29 is 14.3 Å². The molecule has 2 heterocycles. The Kier molecular flexibility index (Phi) is 6.68. The zero-order valence-corrected chi connectivity index (χ0v) is 19.9. The number of likely N-dealkylation sites (tertiary alicyclic amines) is 1. The van der Waals surface area contributed by atoms with Crippen LogP contribution in [0.5, 0.6) is 5.75 Å². The van der Waals surface area contributed by atoms with E-state index in [2.05, 4.69) is 42.2 Å². The molecule has 0 N–H and O–H groups in total. The van der Waals surface area contributed by atoms with E-state index < -0.39 is 5.60 Å². The molecule has 0 aliphatic carbocycles. The number of aromatic nitrogens is 1. The van der Waals surface area contributed by atoms with E-state index >= 15 is 0 Å². The van der Waals surface area contributed by atoms with Crippen LogP contribution in [0.2, 0.25) is 0 Å². The summed E-state index contributed by atoms with van der Waals surface area (Å²) in [6.07, 6.45) is 3.28. The predicted octanol–water partition coefficient (Wildman–Crippen LogP) is 6.50. The highest BCUT2D eigenvalue weighted by molar-refractivity contribution is 5.77. The van der Waals surface area contributed by atoms with Crippen LogP contribution in [0.1, 0.15) is 39.2 Å². The summed E-state index contributed by atoms with van der Waals surface area (Å²) in [5.41, 5.74) is 5.20.